The molecular formula is C18H20ClNO3S. The Morgan fingerprint density at radius 2 is 1.96 bits per heavy atom. The normalized spacial score (nSPS) is 19.4. The molecule has 0 fully saturated rings. The Balaban J connectivity index is 1.84. The molecule has 0 aliphatic carbocycles. The van der Waals surface area contributed by atoms with Gasteiger partial charge in [-0.25, -0.2) is 13.1 Å². The molecule has 4 nitrogen and oxygen atoms in total. The Morgan fingerprint density at radius 1 is 1.21 bits per heavy atom. The highest BCUT2D eigenvalue weighted by Gasteiger charge is 2.35. The zero-order valence-electron chi connectivity index (χ0n) is 13.6. The van der Waals surface area contributed by atoms with Crippen molar-refractivity contribution in [3.8, 4) is 5.75 Å². The first kappa shape index (κ1) is 17.3. The van der Waals surface area contributed by atoms with Crippen LogP contribution in [-0.4, -0.2) is 14.0 Å². The number of halogens is 1. The third kappa shape index (κ3) is 4.09. The molecule has 1 unspecified atom stereocenters. The summed E-state index contributed by atoms with van der Waals surface area (Å²) in [4.78, 5) is 0. The Labute approximate surface area is 147 Å². The van der Waals surface area contributed by atoms with Crippen LogP contribution in [-0.2, 0) is 15.8 Å². The van der Waals surface area contributed by atoms with Crippen molar-refractivity contribution >= 4 is 21.6 Å². The minimum Gasteiger partial charge on any atom is -0.487 e. The van der Waals surface area contributed by atoms with Crippen LogP contribution in [0, 0.1) is 0 Å². The zero-order valence-corrected chi connectivity index (χ0v) is 15.2. The molecular weight excluding hydrogens is 346 g/mol. The van der Waals surface area contributed by atoms with E-state index >= 15 is 0 Å². The summed E-state index contributed by atoms with van der Waals surface area (Å²) in [5.41, 5.74) is 1.10. The van der Waals surface area contributed by atoms with Crippen molar-refractivity contribution in [3.63, 3.8) is 0 Å². The van der Waals surface area contributed by atoms with Crippen molar-refractivity contribution in [2.24, 2.45) is 0 Å². The molecule has 0 bridgehead atoms. The van der Waals surface area contributed by atoms with Gasteiger partial charge in [0.15, 0.2) is 0 Å². The molecule has 128 valence electrons. The van der Waals surface area contributed by atoms with Gasteiger partial charge < -0.3 is 4.74 Å². The number of rotatable bonds is 4. The predicted molar refractivity (Wildman–Crippen MR) is 95.7 cm³/mol. The molecule has 0 amide bonds. The molecule has 6 heteroatoms. The van der Waals surface area contributed by atoms with Gasteiger partial charge in [0.1, 0.15) is 11.4 Å². The van der Waals surface area contributed by atoms with Crippen molar-refractivity contribution in [3.05, 3.63) is 64.7 Å². The minimum absolute atomic E-state index is 0.104. The van der Waals surface area contributed by atoms with Crippen molar-refractivity contribution < 1.29 is 13.2 Å². The highest BCUT2D eigenvalue weighted by atomic mass is 35.5. The highest BCUT2D eigenvalue weighted by Crippen LogP contribution is 2.39. The largest absolute Gasteiger partial charge is 0.487 e. The molecule has 3 rings (SSSR count). The summed E-state index contributed by atoms with van der Waals surface area (Å²) < 4.78 is 34.0. The first-order valence-corrected chi connectivity index (χ1v) is 9.80. The minimum atomic E-state index is -3.51. The van der Waals surface area contributed by atoms with Gasteiger partial charge in [0.2, 0.25) is 10.0 Å². The maximum Gasteiger partial charge on any atom is 0.216 e. The Bertz CT molecular complexity index is 849. The zero-order chi connectivity index (χ0) is 17.4. The van der Waals surface area contributed by atoms with Crippen LogP contribution in [0.5, 0.6) is 5.75 Å². The van der Waals surface area contributed by atoms with E-state index in [1.165, 1.54) is 0 Å². The number of hydrogen-bond acceptors (Lipinski definition) is 3. The number of fused-ring (bicyclic) bond motifs is 1. The lowest BCUT2D eigenvalue weighted by molar-refractivity contribution is 0.0702. The smallest absolute Gasteiger partial charge is 0.216 e. The number of para-hydroxylation sites is 1. The van der Waals surface area contributed by atoms with E-state index in [0.717, 1.165) is 11.3 Å². The Morgan fingerprint density at radius 3 is 2.71 bits per heavy atom. The molecule has 0 saturated carbocycles. The molecule has 1 atom stereocenters. The second-order valence-corrected chi connectivity index (χ2v) is 8.85. The molecule has 0 saturated heterocycles. The molecule has 0 aromatic heterocycles. The molecule has 1 heterocycles. The van der Waals surface area contributed by atoms with Gasteiger partial charge >= 0.3 is 0 Å². The van der Waals surface area contributed by atoms with Crippen molar-refractivity contribution in [1.82, 2.24) is 4.72 Å². The molecule has 0 spiro atoms. The number of nitrogens with one attached hydrogen (secondary N) is 1. The molecule has 0 radical (unpaired) electrons. The molecule has 1 N–H and O–H groups in total. The molecule has 24 heavy (non-hydrogen) atoms. The van der Waals surface area contributed by atoms with E-state index in [2.05, 4.69) is 4.72 Å². The van der Waals surface area contributed by atoms with Crippen LogP contribution in [0.4, 0.5) is 0 Å². The first-order chi connectivity index (χ1) is 11.2. The summed E-state index contributed by atoms with van der Waals surface area (Å²) in [5, 5.41) is 0.528. The van der Waals surface area contributed by atoms with Crippen LogP contribution in [0.25, 0.3) is 0 Å². The lowest BCUT2D eigenvalue weighted by Crippen LogP contribution is -2.41. The van der Waals surface area contributed by atoms with Crippen LogP contribution < -0.4 is 9.46 Å². The molecule has 1 aliphatic heterocycles. The molecule has 2 aromatic rings. The van der Waals surface area contributed by atoms with Crippen LogP contribution >= 0.6 is 11.6 Å². The van der Waals surface area contributed by atoms with E-state index in [-0.39, 0.29) is 11.8 Å². The van der Waals surface area contributed by atoms with E-state index < -0.39 is 15.6 Å². The topological polar surface area (TPSA) is 55.4 Å². The summed E-state index contributed by atoms with van der Waals surface area (Å²) in [6, 6.07) is 14.1. The third-order valence-electron chi connectivity index (χ3n) is 3.94. The number of hydrogen-bond donors (Lipinski definition) is 1. The Kier molecular flexibility index (Phi) is 4.60. The third-order valence-corrected chi connectivity index (χ3v) is 5.54. The van der Waals surface area contributed by atoms with Crippen LogP contribution in [0.3, 0.4) is 0 Å². The van der Waals surface area contributed by atoms with Gasteiger partial charge in [-0.2, -0.15) is 0 Å². The summed E-state index contributed by atoms with van der Waals surface area (Å²) in [6.45, 7) is 3.92. The highest BCUT2D eigenvalue weighted by molar-refractivity contribution is 7.88. The van der Waals surface area contributed by atoms with Crippen molar-refractivity contribution in [1.29, 1.82) is 0 Å². The maximum absolute atomic E-state index is 12.6. The lowest BCUT2D eigenvalue weighted by Gasteiger charge is -2.37. The van der Waals surface area contributed by atoms with E-state index in [9.17, 15) is 8.42 Å². The summed E-state index contributed by atoms with van der Waals surface area (Å²) in [6.07, 6.45) is 0.568. The number of sulfonamides is 1. The average molecular weight is 366 g/mol. The fourth-order valence-electron chi connectivity index (χ4n) is 3.01. The molecule has 1 aliphatic rings. The lowest BCUT2D eigenvalue weighted by atomic mass is 9.90. The van der Waals surface area contributed by atoms with Gasteiger partial charge in [-0.3, -0.25) is 0 Å². The van der Waals surface area contributed by atoms with Gasteiger partial charge in [-0.15, -0.1) is 0 Å². The summed E-state index contributed by atoms with van der Waals surface area (Å²) in [7, 11) is -3.51. The van der Waals surface area contributed by atoms with E-state index in [1.807, 2.05) is 38.1 Å². The second kappa shape index (κ2) is 6.39. The van der Waals surface area contributed by atoms with Crippen LogP contribution in [0.2, 0.25) is 5.02 Å². The van der Waals surface area contributed by atoms with Gasteiger partial charge in [0.25, 0.3) is 0 Å². The number of ether oxygens (including phenoxy) is 1. The molecule has 2 aromatic carbocycles. The van der Waals surface area contributed by atoms with Crippen molar-refractivity contribution in [2.75, 3.05) is 0 Å². The maximum atomic E-state index is 12.6. The van der Waals surface area contributed by atoms with Gasteiger partial charge in [-0.05, 0) is 37.6 Å². The van der Waals surface area contributed by atoms with Gasteiger partial charge in [-0.1, -0.05) is 41.9 Å². The predicted octanol–water partition coefficient (Wildman–Crippen LogP) is 4.06. The fraction of sp³-hybridized carbons (Fsp3) is 0.333. The fourth-order valence-corrected chi connectivity index (χ4v) is 4.57. The average Bonchev–Trinajstić information content (AvgIpc) is 2.45. The van der Waals surface area contributed by atoms with Crippen LogP contribution in [0.1, 0.15) is 37.4 Å². The van der Waals surface area contributed by atoms with Crippen LogP contribution in [0.15, 0.2) is 48.5 Å². The Hall–Kier alpha value is -1.56. The van der Waals surface area contributed by atoms with E-state index in [0.29, 0.717) is 17.0 Å². The second-order valence-electron chi connectivity index (χ2n) is 6.66. The van der Waals surface area contributed by atoms with Gasteiger partial charge in [0, 0.05) is 17.0 Å². The van der Waals surface area contributed by atoms with E-state index in [1.54, 1.807) is 24.3 Å². The number of benzene rings is 2. The van der Waals surface area contributed by atoms with Gasteiger partial charge in [0.05, 0.1) is 11.8 Å². The van der Waals surface area contributed by atoms with E-state index in [4.69, 9.17) is 16.3 Å². The summed E-state index contributed by atoms with van der Waals surface area (Å²) in [5.74, 6) is 0.622. The quantitative estimate of drug-likeness (QED) is 0.888. The monoisotopic (exact) mass is 365 g/mol. The summed E-state index contributed by atoms with van der Waals surface area (Å²) >= 11 is 5.94. The first-order valence-electron chi connectivity index (χ1n) is 7.76. The van der Waals surface area contributed by atoms with Crippen molar-refractivity contribution in [2.45, 2.75) is 37.7 Å². The SMILES string of the molecule is CC1(C)CC(NS(=O)(=O)Cc2cccc(Cl)c2)c2ccccc2O1. The standard InChI is InChI=1S/C18H20ClNO3S/c1-18(2)11-16(15-8-3-4-9-17(15)23-18)20-24(21,22)12-13-6-5-7-14(19)10-13/h3-10,16,20H,11-12H2,1-2H3.